The minimum atomic E-state index is 0.112. The number of benzene rings is 6. The zero-order valence-corrected chi connectivity index (χ0v) is 31.4. The summed E-state index contributed by atoms with van der Waals surface area (Å²) in [7, 11) is 0. The fourth-order valence-corrected chi connectivity index (χ4v) is 12.2. The van der Waals surface area contributed by atoms with Gasteiger partial charge in [0.15, 0.2) is 0 Å². The van der Waals surface area contributed by atoms with Gasteiger partial charge in [-0.05, 0) is 174 Å². The Kier molecular flexibility index (Phi) is 6.65. The highest BCUT2D eigenvalue weighted by atomic mass is 15.3. The second-order valence-electron chi connectivity index (χ2n) is 17.5. The van der Waals surface area contributed by atoms with Crippen LogP contribution < -0.4 is 9.80 Å². The predicted octanol–water partition coefficient (Wildman–Crippen LogP) is 13.4. The predicted molar refractivity (Wildman–Crippen MR) is 222 cm³/mol. The fourth-order valence-electron chi connectivity index (χ4n) is 12.2. The molecule has 0 N–H and O–H groups in total. The molecule has 6 unspecified atom stereocenters. The zero-order valence-electron chi connectivity index (χ0n) is 31.4. The van der Waals surface area contributed by atoms with Gasteiger partial charge in [0, 0.05) is 45.7 Å². The third-order valence-corrected chi connectivity index (χ3v) is 14.5. The lowest BCUT2D eigenvalue weighted by molar-refractivity contribution is 0.414. The summed E-state index contributed by atoms with van der Waals surface area (Å²) in [5, 5.41) is 0. The molecule has 2 fully saturated rings. The maximum Gasteiger partial charge on any atom is 0.0495 e. The molecule has 5 aliphatic rings. The third-order valence-electron chi connectivity index (χ3n) is 14.5. The molecule has 262 valence electrons. The first-order valence-electron chi connectivity index (χ1n) is 20.1. The van der Waals surface area contributed by atoms with Gasteiger partial charge >= 0.3 is 0 Å². The van der Waals surface area contributed by atoms with E-state index >= 15 is 0 Å². The molecule has 6 aromatic rings. The number of rotatable bonds is 4. The smallest absolute Gasteiger partial charge is 0.0495 e. The van der Waals surface area contributed by atoms with Crippen LogP contribution in [0.4, 0.5) is 22.7 Å². The molecular formula is C51H48N2. The normalized spacial score (nSPS) is 27.3. The molecule has 0 amide bonds. The Hall–Kier alpha value is -5.08. The van der Waals surface area contributed by atoms with Crippen LogP contribution in [0.1, 0.15) is 87.5 Å². The standard InChI is InChI=1S/C51H48N2/c1-32-23-25-50(3)48(32)44-30-36(19-21-46(44)52(50)40-11-7-5-8-12-40)34-15-17-38-27-39-18-16-35(29-43(39)42(38)28-34)37-20-22-47-45(31-37)49-33(2)24-26-51(49,4)53(47)41-13-9-6-10-14-41/h5-22,28-33,48-49H,23-27H2,1-4H3. The summed E-state index contributed by atoms with van der Waals surface area (Å²) in [5.74, 6) is 2.40. The number of hydrogen-bond donors (Lipinski definition) is 0. The van der Waals surface area contributed by atoms with Crippen LogP contribution in [0.5, 0.6) is 0 Å². The van der Waals surface area contributed by atoms with Crippen LogP contribution >= 0.6 is 0 Å². The van der Waals surface area contributed by atoms with Crippen molar-refractivity contribution in [2.24, 2.45) is 11.8 Å². The lowest BCUT2D eigenvalue weighted by Gasteiger charge is -2.38. The maximum absolute atomic E-state index is 2.66. The van der Waals surface area contributed by atoms with Crippen LogP contribution in [0.2, 0.25) is 0 Å². The highest BCUT2D eigenvalue weighted by Crippen LogP contribution is 2.62. The van der Waals surface area contributed by atoms with Gasteiger partial charge in [0.2, 0.25) is 0 Å². The topological polar surface area (TPSA) is 6.48 Å². The number of fused-ring (bicyclic) bond motifs is 9. The summed E-state index contributed by atoms with van der Waals surface area (Å²) in [4.78, 5) is 5.32. The summed E-state index contributed by atoms with van der Waals surface area (Å²) < 4.78 is 0. The molecule has 0 radical (unpaired) electrons. The van der Waals surface area contributed by atoms with E-state index in [9.17, 15) is 0 Å². The molecule has 2 heteroatoms. The van der Waals surface area contributed by atoms with Crippen molar-refractivity contribution in [1.29, 1.82) is 0 Å². The first-order chi connectivity index (χ1) is 25.8. The van der Waals surface area contributed by atoms with Gasteiger partial charge in [-0.3, -0.25) is 0 Å². The summed E-state index contributed by atoms with van der Waals surface area (Å²) in [6, 6.07) is 51.3. The van der Waals surface area contributed by atoms with Crippen LogP contribution in [0.25, 0.3) is 33.4 Å². The molecular weight excluding hydrogens is 641 g/mol. The van der Waals surface area contributed by atoms with Crippen LogP contribution in [0.3, 0.4) is 0 Å². The van der Waals surface area contributed by atoms with Crippen molar-refractivity contribution in [3.05, 3.63) is 156 Å². The van der Waals surface area contributed by atoms with E-state index in [0.717, 1.165) is 6.42 Å². The molecule has 11 rings (SSSR count). The average molecular weight is 689 g/mol. The Bertz CT molecular complexity index is 2260. The van der Waals surface area contributed by atoms with Crippen LogP contribution in [-0.2, 0) is 6.42 Å². The van der Waals surface area contributed by atoms with Crippen molar-refractivity contribution in [2.75, 3.05) is 9.80 Å². The van der Waals surface area contributed by atoms with Gasteiger partial charge in [0.25, 0.3) is 0 Å². The highest BCUT2D eigenvalue weighted by Gasteiger charge is 2.55. The molecule has 6 aromatic carbocycles. The Balaban J connectivity index is 0.965. The van der Waals surface area contributed by atoms with Gasteiger partial charge in [0.1, 0.15) is 0 Å². The lowest BCUT2D eigenvalue weighted by Crippen LogP contribution is -2.40. The molecule has 3 aliphatic carbocycles. The average Bonchev–Trinajstić information content (AvgIpc) is 3.93. The van der Waals surface area contributed by atoms with E-state index in [0.29, 0.717) is 23.7 Å². The second-order valence-corrected chi connectivity index (χ2v) is 17.5. The molecule has 2 saturated carbocycles. The summed E-state index contributed by atoms with van der Waals surface area (Å²) >= 11 is 0. The molecule has 6 atom stereocenters. The Labute approximate surface area is 315 Å². The van der Waals surface area contributed by atoms with Crippen LogP contribution in [0, 0.1) is 11.8 Å². The van der Waals surface area contributed by atoms with E-state index in [2.05, 4.69) is 171 Å². The van der Waals surface area contributed by atoms with Crippen molar-refractivity contribution >= 4 is 22.7 Å². The van der Waals surface area contributed by atoms with Crippen molar-refractivity contribution in [2.45, 2.75) is 82.7 Å². The maximum atomic E-state index is 2.66. The van der Waals surface area contributed by atoms with E-state index in [1.54, 1.807) is 0 Å². The summed E-state index contributed by atoms with van der Waals surface area (Å²) in [6.07, 6.45) is 6.02. The van der Waals surface area contributed by atoms with E-state index in [1.807, 2.05) is 0 Å². The van der Waals surface area contributed by atoms with Crippen molar-refractivity contribution in [3.8, 4) is 33.4 Å². The van der Waals surface area contributed by atoms with E-state index < -0.39 is 0 Å². The first-order valence-corrected chi connectivity index (χ1v) is 20.1. The fraction of sp³-hybridized carbons (Fsp3) is 0.294. The van der Waals surface area contributed by atoms with Crippen LogP contribution in [0.15, 0.2) is 133 Å². The number of anilines is 4. The zero-order chi connectivity index (χ0) is 35.6. The minimum Gasteiger partial charge on any atom is -0.335 e. The summed E-state index contributed by atoms with van der Waals surface area (Å²) in [6.45, 7) is 9.95. The monoisotopic (exact) mass is 688 g/mol. The quantitative estimate of drug-likeness (QED) is 0.182. The molecule has 2 heterocycles. The van der Waals surface area contributed by atoms with Crippen LogP contribution in [-0.4, -0.2) is 11.1 Å². The minimum absolute atomic E-state index is 0.112. The van der Waals surface area contributed by atoms with Gasteiger partial charge in [-0.2, -0.15) is 0 Å². The molecule has 0 spiro atoms. The summed E-state index contributed by atoms with van der Waals surface area (Å²) in [5.41, 5.74) is 19.7. The third kappa shape index (κ3) is 4.39. The Morgan fingerprint density at radius 1 is 0.472 bits per heavy atom. The van der Waals surface area contributed by atoms with E-state index in [-0.39, 0.29) is 11.1 Å². The van der Waals surface area contributed by atoms with Gasteiger partial charge in [-0.15, -0.1) is 0 Å². The molecule has 0 saturated heterocycles. The van der Waals surface area contributed by atoms with Crippen molar-refractivity contribution < 1.29 is 0 Å². The van der Waals surface area contributed by atoms with Gasteiger partial charge in [0.05, 0.1) is 0 Å². The second kappa shape index (κ2) is 11.2. The first kappa shape index (κ1) is 31.4. The Morgan fingerprint density at radius 3 is 1.30 bits per heavy atom. The number of nitrogens with zero attached hydrogens (tertiary/aromatic N) is 2. The highest BCUT2D eigenvalue weighted by molar-refractivity contribution is 5.87. The van der Waals surface area contributed by atoms with Crippen molar-refractivity contribution in [1.82, 2.24) is 0 Å². The Morgan fingerprint density at radius 2 is 0.868 bits per heavy atom. The molecule has 0 aromatic heterocycles. The molecule has 2 aliphatic heterocycles. The lowest BCUT2D eigenvalue weighted by atomic mass is 9.81. The van der Waals surface area contributed by atoms with Crippen molar-refractivity contribution in [3.63, 3.8) is 0 Å². The van der Waals surface area contributed by atoms with E-state index in [4.69, 9.17) is 0 Å². The number of para-hydroxylation sites is 2. The van der Waals surface area contributed by atoms with Gasteiger partial charge in [-0.1, -0.05) is 86.6 Å². The largest absolute Gasteiger partial charge is 0.335 e. The van der Waals surface area contributed by atoms with Gasteiger partial charge in [-0.25, -0.2) is 0 Å². The van der Waals surface area contributed by atoms with Gasteiger partial charge < -0.3 is 9.80 Å². The SMILES string of the molecule is CC1CCC2(C)C1c1cc(-c3ccc4c(c3)-c3cc(-c5ccc6c(c5)C5C(C)CCC5(C)N6c5ccccc5)ccc3C4)ccc1N2c1ccccc1. The molecule has 0 bridgehead atoms. The van der Waals surface area contributed by atoms with E-state index in [1.165, 1.54) is 104 Å². The molecule has 53 heavy (non-hydrogen) atoms. The number of hydrogen-bond acceptors (Lipinski definition) is 2. The molecule has 2 nitrogen and oxygen atoms in total.